The molecule has 2 rings (SSSR count). The predicted molar refractivity (Wildman–Crippen MR) is 85.9 cm³/mol. The Morgan fingerprint density at radius 2 is 1.95 bits per heavy atom. The molecule has 1 N–H and O–H groups in total. The number of nitrogens with zero attached hydrogens (tertiary/aromatic N) is 2. The minimum atomic E-state index is 0.622. The maximum absolute atomic E-state index is 4.42. The van der Waals surface area contributed by atoms with Gasteiger partial charge in [0, 0.05) is 12.6 Å². The average Bonchev–Trinajstić information content (AvgIpc) is 2.85. The van der Waals surface area contributed by atoms with Crippen LogP contribution in [0.25, 0.3) is 11.0 Å². The van der Waals surface area contributed by atoms with E-state index < -0.39 is 0 Å². The molecule has 0 bridgehead atoms. The van der Waals surface area contributed by atoms with E-state index in [0.29, 0.717) is 6.04 Å². The standard InChI is InChI=1S/C17H27N3/c1-14(2)9-10-15(3)18-11-6-12-20-13-19-16-7-4-5-8-17(16)20/h4-5,7-8,13-15,18H,6,9-12H2,1-3H3. The van der Waals surface area contributed by atoms with Gasteiger partial charge in [-0.25, -0.2) is 4.98 Å². The monoisotopic (exact) mass is 273 g/mol. The van der Waals surface area contributed by atoms with Crippen LogP contribution >= 0.6 is 0 Å². The molecule has 1 heterocycles. The molecule has 2 aromatic rings. The third-order valence-corrected chi connectivity index (χ3v) is 3.77. The Hall–Kier alpha value is -1.35. The number of rotatable bonds is 8. The Morgan fingerprint density at radius 3 is 2.75 bits per heavy atom. The SMILES string of the molecule is CC(C)CCC(C)NCCCn1cnc2ccccc21. The van der Waals surface area contributed by atoms with Crippen molar-refractivity contribution in [2.75, 3.05) is 6.54 Å². The molecule has 0 fully saturated rings. The number of para-hydroxylation sites is 2. The molecule has 0 amide bonds. The molecule has 0 spiro atoms. The molecule has 0 aliphatic carbocycles. The zero-order valence-electron chi connectivity index (χ0n) is 13.0. The lowest BCUT2D eigenvalue weighted by Crippen LogP contribution is -2.27. The van der Waals surface area contributed by atoms with Crippen LogP contribution in [0.2, 0.25) is 0 Å². The maximum atomic E-state index is 4.42. The molecule has 1 aromatic heterocycles. The second kappa shape index (κ2) is 7.44. The molecule has 1 unspecified atom stereocenters. The molecule has 110 valence electrons. The molecular formula is C17H27N3. The highest BCUT2D eigenvalue weighted by Crippen LogP contribution is 2.12. The Labute approximate surface area is 122 Å². The van der Waals surface area contributed by atoms with Crippen LogP contribution in [-0.2, 0) is 6.54 Å². The zero-order chi connectivity index (χ0) is 14.4. The quantitative estimate of drug-likeness (QED) is 0.741. The van der Waals surface area contributed by atoms with Crippen molar-refractivity contribution in [3.05, 3.63) is 30.6 Å². The van der Waals surface area contributed by atoms with Crippen LogP contribution in [0, 0.1) is 5.92 Å². The molecule has 1 atom stereocenters. The van der Waals surface area contributed by atoms with Gasteiger partial charge in [0.1, 0.15) is 0 Å². The van der Waals surface area contributed by atoms with Gasteiger partial charge in [-0.15, -0.1) is 0 Å². The summed E-state index contributed by atoms with van der Waals surface area (Å²) < 4.78 is 2.25. The van der Waals surface area contributed by atoms with E-state index in [4.69, 9.17) is 0 Å². The van der Waals surface area contributed by atoms with Crippen molar-refractivity contribution in [1.82, 2.24) is 14.9 Å². The van der Waals surface area contributed by atoms with Crippen molar-refractivity contribution in [1.29, 1.82) is 0 Å². The summed E-state index contributed by atoms with van der Waals surface area (Å²) in [6.07, 6.45) is 5.67. The van der Waals surface area contributed by atoms with Crippen LogP contribution in [-0.4, -0.2) is 22.1 Å². The molecule has 0 radical (unpaired) electrons. The maximum Gasteiger partial charge on any atom is 0.0958 e. The van der Waals surface area contributed by atoms with Gasteiger partial charge < -0.3 is 9.88 Å². The van der Waals surface area contributed by atoms with Gasteiger partial charge in [0.15, 0.2) is 0 Å². The Balaban J connectivity index is 1.71. The summed E-state index contributed by atoms with van der Waals surface area (Å²) in [6, 6.07) is 8.95. The lowest BCUT2D eigenvalue weighted by atomic mass is 10.0. The first kappa shape index (κ1) is 15.0. The molecular weight excluding hydrogens is 246 g/mol. The molecule has 0 saturated carbocycles. The number of aromatic nitrogens is 2. The van der Waals surface area contributed by atoms with Gasteiger partial charge in [-0.1, -0.05) is 26.0 Å². The van der Waals surface area contributed by atoms with E-state index in [9.17, 15) is 0 Å². The Morgan fingerprint density at radius 1 is 1.15 bits per heavy atom. The highest BCUT2D eigenvalue weighted by atomic mass is 15.0. The van der Waals surface area contributed by atoms with Crippen LogP contribution in [0.3, 0.4) is 0 Å². The normalized spacial score (nSPS) is 13.2. The number of aryl methyl sites for hydroxylation is 1. The summed E-state index contributed by atoms with van der Waals surface area (Å²) >= 11 is 0. The number of hydrogen-bond donors (Lipinski definition) is 1. The number of imidazole rings is 1. The summed E-state index contributed by atoms with van der Waals surface area (Å²) in [5, 5.41) is 3.61. The summed E-state index contributed by atoms with van der Waals surface area (Å²) in [6.45, 7) is 8.97. The van der Waals surface area contributed by atoms with Gasteiger partial charge >= 0.3 is 0 Å². The lowest BCUT2D eigenvalue weighted by molar-refractivity contribution is 0.442. The van der Waals surface area contributed by atoms with Gasteiger partial charge in [-0.05, 0) is 50.8 Å². The minimum absolute atomic E-state index is 0.622. The first-order valence-electron chi connectivity index (χ1n) is 7.80. The van der Waals surface area contributed by atoms with Gasteiger partial charge in [0.2, 0.25) is 0 Å². The number of hydrogen-bond acceptors (Lipinski definition) is 2. The van der Waals surface area contributed by atoms with E-state index in [0.717, 1.165) is 30.9 Å². The fourth-order valence-electron chi connectivity index (χ4n) is 2.47. The second-order valence-electron chi connectivity index (χ2n) is 6.11. The molecule has 3 nitrogen and oxygen atoms in total. The molecule has 20 heavy (non-hydrogen) atoms. The van der Waals surface area contributed by atoms with Crippen molar-refractivity contribution < 1.29 is 0 Å². The first-order valence-corrected chi connectivity index (χ1v) is 7.80. The Kier molecular flexibility index (Phi) is 5.60. The van der Waals surface area contributed by atoms with Crippen molar-refractivity contribution in [3.63, 3.8) is 0 Å². The first-order chi connectivity index (χ1) is 9.66. The van der Waals surface area contributed by atoms with E-state index in [2.05, 4.69) is 53.8 Å². The van der Waals surface area contributed by atoms with Crippen molar-refractivity contribution in [2.45, 2.75) is 52.6 Å². The van der Waals surface area contributed by atoms with Gasteiger partial charge in [-0.2, -0.15) is 0 Å². The summed E-state index contributed by atoms with van der Waals surface area (Å²) in [5.41, 5.74) is 2.33. The van der Waals surface area contributed by atoms with Crippen LogP contribution in [0.4, 0.5) is 0 Å². The van der Waals surface area contributed by atoms with Crippen molar-refractivity contribution in [2.24, 2.45) is 5.92 Å². The Bertz CT molecular complexity index is 516. The predicted octanol–water partition coefficient (Wildman–Crippen LogP) is 3.84. The zero-order valence-corrected chi connectivity index (χ0v) is 13.0. The number of nitrogens with one attached hydrogen (secondary N) is 1. The summed E-state index contributed by atoms with van der Waals surface area (Å²) in [4.78, 5) is 4.42. The van der Waals surface area contributed by atoms with E-state index >= 15 is 0 Å². The highest BCUT2D eigenvalue weighted by Gasteiger charge is 2.04. The van der Waals surface area contributed by atoms with Crippen molar-refractivity contribution >= 4 is 11.0 Å². The highest BCUT2D eigenvalue weighted by molar-refractivity contribution is 5.74. The molecule has 0 aliphatic heterocycles. The molecule has 0 saturated heterocycles. The molecule has 1 aromatic carbocycles. The van der Waals surface area contributed by atoms with Gasteiger partial charge in [0.05, 0.1) is 17.4 Å². The van der Waals surface area contributed by atoms with E-state index in [1.807, 2.05) is 12.4 Å². The fraction of sp³-hybridized carbons (Fsp3) is 0.588. The average molecular weight is 273 g/mol. The molecule has 3 heteroatoms. The number of benzene rings is 1. The smallest absolute Gasteiger partial charge is 0.0958 e. The van der Waals surface area contributed by atoms with E-state index in [1.165, 1.54) is 18.4 Å². The third-order valence-electron chi connectivity index (χ3n) is 3.77. The molecule has 0 aliphatic rings. The number of fused-ring (bicyclic) bond motifs is 1. The van der Waals surface area contributed by atoms with E-state index in [1.54, 1.807) is 0 Å². The summed E-state index contributed by atoms with van der Waals surface area (Å²) in [7, 11) is 0. The minimum Gasteiger partial charge on any atom is -0.331 e. The van der Waals surface area contributed by atoms with Crippen LogP contribution in [0.5, 0.6) is 0 Å². The fourth-order valence-corrected chi connectivity index (χ4v) is 2.47. The van der Waals surface area contributed by atoms with Crippen LogP contribution in [0.1, 0.15) is 40.0 Å². The lowest BCUT2D eigenvalue weighted by Gasteiger charge is -2.15. The summed E-state index contributed by atoms with van der Waals surface area (Å²) in [5.74, 6) is 0.802. The second-order valence-corrected chi connectivity index (χ2v) is 6.11. The van der Waals surface area contributed by atoms with Crippen molar-refractivity contribution in [3.8, 4) is 0 Å². The van der Waals surface area contributed by atoms with Gasteiger partial charge in [0.25, 0.3) is 0 Å². The third kappa shape index (κ3) is 4.34. The van der Waals surface area contributed by atoms with E-state index in [-0.39, 0.29) is 0 Å². The topological polar surface area (TPSA) is 29.9 Å². The van der Waals surface area contributed by atoms with Crippen LogP contribution in [0.15, 0.2) is 30.6 Å². The van der Waals surface area contributed by atoms with Gasteiger partial charge in [-0.3, -0.25) is 0 Å². The largest absolute Gasteiger partial charge is 0.331 e. The van der Waals surface area contributed by atoms with Crippen LogP contribution < -0.4 is 5.32 Å².